The van der Waals surface area contributed by atoms with Crippen LogP contribution in [-0.2, 0) is 4.79 Å². The van der Waals surface area contributed by atoms with Crippen LogP contribution >= 0.6 is 21.6 Å². The van der Waals surface area contributed by atoms with E-state index in [9.17, 15) is 4.79 Å². The van der Waals surface area contributed by atoms with E-state index in [-0.39, 0.29) is 22.7 Å². The molecule has 1 heterocycles. The average molecular weight is 340 g/mol. The van der Waals surface area contributed by atoms with Crippen molar-refractivity contribution in [1.29, 1.82) is 0 Å². The van der Waals surface area contributed by atoms with E-state index in [0.29, 0.717) is 6.54 Å². The summed E-state index contributed by atoms with van der Waals surface area (Å²) in [5.41, 5.74) is 9.19. The lowest BCUT2D eigenvalue weighted by atomic mass is 10.0. The van der Waals surface area contributed by atoms with Gasteiger partial charge in [0.1, 0.15) is 6.04 Å². The van der Waals surface area contributed by atoms with Crippen LogP contribution in [-0.4, -0.2) is 35.0 Å². The summed E-state index contributed by atoms with van der Waals surface area (Å²) in [7, 11) is 3.47. The molecule has 22 heavy (non-hydrogen) atoms. The Balaban J connectivity index is 2.16. The smallest absolute Gasteiger partial charge is 0.242 e. The Morgan fingerprint density at radius 1 is 1.41 bits per heavy atom. The van der Waals surface area contributed by atoms with Crippen molar-refractivity contribution in [1.82, 2.24) is 5.32 Å². The molecule has 1 aromatic carbocycles. The molecule has 4 N–H and O–H groups in total. The monoisotopic (exact) mass is 339 g/mol. The van der Waals surface area contributed by atoms with Crippen LogP contribution in [0.5, 0.6) is 0 Å². The first kappa shape index (κ1) is 17.7. The highest BCUT2D eigenvalue weighted by molar-refractivity contribution is 8.77. The van der Waals surface area contributed by atoms with Crippen molar-refractivity contribution in [2.24, 2.45) is 5.73 Å². The first-order valence-electron chi connectivity index (χ1n) is 7.48. The second-order valence-corrected chi connectivity index (χ2v) is 9.30. The van der Waals surface area contributed by atoms with Gasteiger partial charge in [-0.15, -0.1) is 0 Å². The van der Waals surface area contributed by atoms with Crippen molar-refractivity contribution in [3.8, 4) is 0 Å². The fourth-order valence-corrected chi connectivity index (χ4v) is 5.27. The minimum Gasteiger partial charge on any atom is -0.326 e. The summed E-state index contributed by atoms with van der Waals surface area (Å²) in [6.07, 6.45) is 0. The Morgan fingerprint density at radius 3 is 2.86 bits per heavy atom. The topological polar surface area (TPSA) is 67.2 Å². The highest BCUT2D eigenvalue weighted by Gasteiger charge is 2.37. The average Bonchev–Trinajstić information content (AvgIpc) is 2.42. The highest BCUT2D eigenvalue weighted by Crippen LogP contribution is 2.39. The quantitative estimate of drug-likeness (QED) is 0.723. The van der Waals surface area contributed by atoms with Crippen LogP contribution in [0.2, 0.25) is 0 Å². The molecule has 1 aliphatic rings. The fourth-order valence-electron chi connectivity index (χ4n) is 2.40. The van der Waals surface area contributed by atoms with Crippen molar-refractivity contribution in [3.05, 3.63) is 29.3 Å². The van der Waals surface area contributed by atoms with Gasteiger partial charge in [-0.1, -0.05) is 33.7 Å². The van der Waals surface area contributed by atoms with E-state index >= 15 is 0 Å². The highest BCUT2D eigenvalue weighted by atomic mass is 33.1. The van der Waals surface area contributed by atoms with Gasteiger partial charge in [-0.2, -0.15) is 0 Å². The summed E-state index contributed by atoms with van der Waals surface area (Å²) in [6.45, 7) is 8.93. The summed E-state index contributed by atoms with van der Waals surface area (Å²) in [6, 6.07) is 5.76. The van der Waals surface area contributed by atoms with Crippen LogP contribution in [0.15, 0.2) is 18.2 Å². The Labute approximate surface area is 140 Å². The molecule has 0 unspecified atom stereocenters. The zero-order valence-electron chi connectivity index (χ0n) is 13.6. The van der Waals surface area contributed by atoms with Gasteiger partial charge in [-0.05, 0) is 44.9 Å². The number of nitrogens with one attached hydrogen (secondary N) is 2. The number of amides is 1. The molecule has 1 amide bonds. The van der Waals surface area contributed by atoms with E-state index in [4.69, 9.17) is 5.73 Å². The molecule has 2 rings (SSSR count). The molecule has 0 bridgehead atoms. The predicted molar refractivity (Wildman–Crippen MR) is 98.4 cm³/mol. The van der Waals surface area contributed by atoms with Crippen LogP contribution < -0.4 is 16.4 Å². The molecule has 2 atom stereocenters. The number of carbonyl (C=O) groups excluding carboxylic acids is 1. The van der Waals surface area contributed by atoms with Crippen molar-refractivity contribution in [3.63, 3.8) is 0 Å². The number of hydrogen-bond acceptors (Lipinski definition) is 5. The van der Waals surface area contributed by atoms with Crippen LogP contribution in [0, 0.1) is 13.8 Å². The van der Waals surface area contributed by atoms with Gasteiger partial charge in [-0.3, -0.25) is 4.79 Å². The maximum Gasteiger partial charge on any atom is 0.242 e. The third kappa shape index (κ3) is 4.19. The van der Waals surface area contributed by atoms with Gasteiger partial charge in [0.2, 0.25) is 5.91 Å². The molecule has 1 saturated heterocycles. The van der Waals surface area contributed by atoms with Crippen molar-refractivity contribution >= 4 is 33.2 Å². The van der Waals surface area contributed by atoms with Crippen LogP contribution in [0.4, 0.5) is 5.69 Å². The molecule has 0 saturated carbocycles. The van der Waals surface area contributed by atoms with Gasteiger partial charge >= 0.3 is 0 Å². The molecular weight excluding hydrogens is 314 g/mol. The lowest BCUT2D eigenvalue weighted by molar-refractivity contribution is -0.118. The van der Waals surface area contributed by atoms with E-state index in [1.54, 1.807) is 21.6 Å². The molecule has 1 aliphatic heterocycles. The third-order valence-corrected chi connectivity index (χ3v) is 7.36. The molecule has 0 aliphatic carbocycles. The molecule has 0 spiro atoms. The molecule has 6 heteroatoms. The SMILES string of the molecule is Cc1cccc(NC(=O)[C@H]2NC[C@@H](N)CSSC2(C)C)c1C. The summed E-state index contributed by atoms with van der Waals surface area (Å²) in [4.78, 5) is 12.8. The molecule has 4 nitrogen and oxygen atoms in total. The first-order chi connectivity index (χ1) is 10.3. The second kappa shape index (κ2) is 7.25. The van der Waals surface area contributed by atoms with Crippen LogP contribution in [0.3, 0.4) is 0 Å². The summed E-state index contributed by atoms with van der Waals surface area (Å²) in [5.74, 6) is 0.896. The van der Waals surface area contributed by atoms with Gasteiger partial charge < -0.3 is 16.4 Å². The summed E-state index contributed by atoms with van der Waals surface area (Å²) in [5, 5.41) is 6.42. The van der Waals surface area contributed by atoms with E-state index in [0.717, 1.165) is 17.0 Å². The first-order valence-corrected chi connectivity index (χ1v) is 9.80. The van der Waals surface area contributed by atoms with Gasteiger partial charge in [0.05, 0.1) is 0 Å². The largest absolute Gasteiger partial charge is 0.326 e. The Kier molecular flexibility index (Phi) is 5.82. The molecular formula is C16H25N3OS2. The molecule has 0 radical (unpaired) electrons. The van der Waals surface area contributed by atoms with Gasteiger partial charge in [0.15, 0.2) is 0 Å². The lowest BCUT2D eigenvalue weighted by Crippen LogP contribution is -2.56. The number of carbonyl (C=O) groups is 1. The minimum atomic E-state index is -0.281. The van der Waals surface area contributed by atoms with E-state index < -0.39 is 0 Å². The Bertz CT molecular complexity index is 548. The number of rotatable bonds is 2. The van der Waals surface area contributed by atoms with Crippen LogP contribution in [0.1, 0.15) is 25.0 Å². The van der Waals surface area contributed by atoms with Crippen molar-refractivity contribution < 1.29 is 4.79 Å². The number of aryl methyl sites for hydroxylation is 1. The Morgan fingerprint density at radius 2 is 2.14 bits per heavy atom. The summed E-state index contributed by atoms with van der Waals surface area (Å²) >= 11 is 0. The number of anilines is 1. The number of hydrogen-bond donors (Lipinski definition) is 3. The molecule has 1 aromatic rings. The molecule has 122 valence electrons. The van der Waals surface area contributed by atoms with E-state index in [2.05, 4.69) is 37.5 Å². The second-order valence-electron chi connectivity index (χ2n) is 6.31. The predicted octanol–water partition coefficient (Wildman–Crippen LogP) is 2.70. The molecule has 1 fully saturated rings. The molecule has 0 aromatic heterocycles. The number of benzene rings is 1. The van der Waals surface area contributed by atoms with E-state index in [1.165, 1.54) is 5.56 Å². The van der Waals surface area contributed by atoms with Crippen molar-refractivity contribution in [2.45, 2.75) is 44.5 Å². The zero-order valence-corrected chi connectivity index (χ0v) is 15.2. The maximum absolute atomic E-state index is 12.8. The number of nitrogens with two attached hydrogens (primary N) is 1. The summed E-state index contributed by atoms with van der Waals surface area (Å²) < 4.78 is -0.202. The van der Waals surface area contributed by atoms with Crippen LogP contribution in [0.25, 0.3) is 0 Å². The lowest BCUT2D eigenvalue weighted by Gasteiger charge is -2.36. The van der Waals surface area contributed by atoms with Crippen molar-refractivity contribution in [2.75, 3.05) is 17.6 Å². The maximum atomic E-state index is 12.8. The third-order valence-electron chi connectivity index (χ3n) is 3.96. The minimum absolute atomic E-state index is 0.000833. The Hall–Kier alpha value is -0.690. The standard InChI is InChI=1S/C16H25N3OS2/c1-10-6-5-7-13(11(10)2)19-15(20)14-16(3,4)22-21-9-12(17)8-18-14/h5-7,12,14,18H,8-9,17H2,1-4H3,(H,19,20)/t12-,14-/m1/s1. The van der Waals surface area contributed by atoms with Gasteiger partial charge in [-0.25, -0.2) is 0 Å². The van der Waals surface area contributed by atoms with E-state index in [1.807, 2.05) is 19.1 Å². The normalized spacial score (nSPS) is 25.1. The van der Waals surface area contributed by atoms with Gasteiger partial charge in [0.25, 0.3) is 0 Å². The fraction of sp³-hybridized carbons (Fsp3) is 0.562. The zero-order chi connectivity index (χ0) is 16.3. The van der Waals surface area contributed by atoms with Gasteiger partial charge in [0, 0.05) is 28.8 Å².